The van der Waals surface area contributed by atoms with E-state index in [-0.39, 0.29) is 22.9 Å². The highest BCUT2D eigenvalue weighted by molar-refractivity contribution is 6.31. The molecule has 2 rings (SSSR count). The Morgan fingerprint density at radius 2 is 1.25 bits per heavy atom. The van der Waals surface area contributed by atoms with Gasteiger partial charge in [0.25, 0.3) is 0 Å². The first-order valence-electron chi connectivity index (χ1n) is 6.01. The molecule has 0 aliphatic heterocycles. The smallest absolute Gasteiger partial charge is 0.124 e. The first-order chi connectivity index (χ1) is 9.45. The summed E-state index contributed by atoms with van der Waals surface area (Å²) in [6, 6.07) is 8.06. The normalized spacial score (nSPS) is 11.1. The van der Waals surface area contributed by atoms with Crippen LogP contribution in [0.25, 0.3) is 0 Å². The van der Waals surface area contributed by atoms with Gasteiger partial charge < -0.3 is 5.11 Å². The number of aliphatic hydroxyl groups is 1. The fourth-order valence-corrected chi connectivity index (χ4v) is 2.44. The fourth-order valence-electron chi connectivity index (χ4n) is 1.95. The Bertz CT molecular complexity index is 563. The van der Waals surface area contributed by atoms with Crippen molar-refractivity contribution >= 4 is 23.2 Å². The fraction of sp³-hybridized carbons (Fsp3) is 0.200. The summed E-state index contributed by atoms with van der Waals surface area (Å²) in [6.07, 6.45) is -0.194. The Morgan fingerprint density at radius 1 is 0.850 bits per heavy atom. The van der Waals surface area contributed by atoms with Gasteiger partial charge in [0.15, 0.2) is 0 Å². The van der Waals surface area contributed by atoms with E-state index < -0.39 is 17.7 Å². The van der Waals surface area contributed by atoms with Crippen LogP contribution in [-0.2, 0) is 12.8 Å². The second-order valence-electron chi connectivity index (χ2n) is 4.53. The Balaban J connectivity index is 2.07. The van der Waals surface area contributed by atoms with Crippen molar-refractivity contribution in [2.45, 2.75) is 18.9 Å². The van der Waals surface area contributed by atoms with Crippen molar-refractivity contribution < 1.29 is 13.9 Å². The van der Waals surface area contributed by atoms with Crippen molar-refractivity contribution in [3.05, 3.63) is 69.2 Å². The van der Waals surface area contributed by atoms with Gasteiger partial charge in [0, 0.05) is 22.9 Å². The quantitative estimate of drug-likeness (QED) is 0.885. The first-order valence-corrected chi connectivity index (χ1v) is 6.77. The minimum absolute atomic E-state index is 0.271. The lowest BCUT2D eigenvalue weighted by atomic mass is 10.0. The van der Waals surface area contributed by atoms with E-state index in [2.05, 4.69) is 0 Å². The number of hydrogen-bond acceptors (Lipinski definition) is 1. The van der Waals surface area contributed by atoms with Gasteiger partial charge in [0.2, 0.25) is 0 Å². The number of halogens is 4. The Kier molecular flexibility index (Phi) is 4.97. The maximum absolute atomic E-state index is 12.9. The van der Waals surface area contributed by atoms with E-state index in [9.17, 15) is 13.9 Å². The molecule has 0 radical (unpaired) electrons. The molecule has 0 unspecified atom stereocenters. The molecule has 0 atom stereocenters. The van der Waals surface area contributed by atoms with Crippen molar-refractivity contribution in [1.29, 1.82) is 0 Å². The molecule has 2 aromatic rings. The molecule has 5 heteroatoms. The van der Waals surface area contributed by atoms with E-state index in [4.69, 9.17) is 23.2 Å². The van der Waals surface area contributed by atoms with Crippen LogP contribution in [0.15, 0.2) is 36.4 Å². The van der Waals surface area contributed by atoms with E-state index in [0.29, 0.717) is 11.1 Å². The average molecular weight is 317 g/mol. The largest absolute Gasteiger partial charge is 0.392 e. The molecule has 0 bridgehead atoms. The summed E-state index contributed by atoms with van der Waals surface area (Å²) < 4.78 is 25.8. The van der Waals surface area contributed by atoms with Crippen LogP contribution in [0, 0.1) is 11.6 Å². The molecular formula is C15H12Cl2F2O. The Hall–Kier alpha value is -1.16. The monoisotopic (exact) mass is 316 g/mol. The molecular weight excluding hydrogens is 305 g/mol. The zero-order chi connectivity index (χ0) is 14.7. The molecule has 1 nitrogen and oxygen atoms in total. The standard InChI is InChI=1S/C15H12Cl2F2O/c16-14-7-11(18)3-1-9(14)5-13(20)6-10-2-4-12(19)8-15(10)17/h1-4,7-8,13,20H,5-6H2. The van der Waals surface area contributed by atoms with Gasteiger partial charge in [-0.2, -0.15) is 0 Å². The molecule has 0 fully saturated rings. The predicted molar refractivity (Wildman–Crippen MR) is 76.2 cm³/mol. The molecule has 1 N–H and O–H groups in total. The van der Waals surface area contributed by atoms with Crippen LogP contribution < -0.4 is 0 Å². The molecule has 0 aliphatic carbocycles. The molecule has 0 aromatic heterocycles. The van der Waals surface area contributed by atoms with Crippen molar-refractivity contribution in [2.75, 3.05) is 0 Å². The van der Waals surface area contributed by atoms with Gasteiger partial charge in [-0.1, -0.05) is 35.3 Å². The van der Waals surface area contributed by atoms with Gasteiger partial charge in [0.1, 0.15) is 11.6 Å². The summed E-state index contributed by atoms with van der Waals surface area (Å²) in [5, 5.41) is 10.6. The highest BCUT2D eigenvalue weighted by Gasteiger charge is 2.12. The highest BCUT2D eigenvalue weighted by atomic mass is 35.5. The highest BCUT2D eigenvalue weighted by Crippen LogP contribution is 2.22. The van der Waals surface area contributed by atoms with E-state index in [1.807, 2.05) is 0 Å². The minimum atomic E-state index is -0.735. The molecule has 2 aromatic carbocycles. The summed E-state index contributed by atoms with van der Waals surface area (Å²) in [5.74, 6) is -0.843. The Morgan fingerprint density at radius 3 is 1.60 bits per heavy atom. The molecule has 0 amide bonds. The van der Waals surface area contributed by atoms with Crippen LogP contribution in [0.2, 0.25) is 10.0 Å². The lowest BCUT2D eigenvalue weighted by Crippen LogP contribution is -2.14. The maximum Gasteiger partial charge on any atom is 0.124 e. The van der Waals surface area contributed by atoms with Crippen LogP contribution in [0.3, 0.4) is 0 Å². The van der Waals surface area contributed by atoms with Crippen LogP contribution in [0.5, 0.6) is 0 Å². The number of aliphatic hydroxyl groups excluding tert-OH is 1. The molecule has 0 spiro atoms. The van der Waals surface area contributed by atoms with Crippen molar-refractivity contribution in [1.82, 2.24) is 0 Å². The topological polar surface area (TPSA) is 20.2 Å². The summed E-state index contributed by atoms with van der Waals surface area (Å²) >= 11 is 11.8. The first kappa shape index (κ1) is 15.2. The predicted octanol–water partition coefficient (Wildman–Crippen LogP) is 4.42. The van der Waals surface area contributed by atoms with Crippen LogP contribution >= 0.6 is 23.2 Å². The third kappa shape index (κ3) is 3.92. The number of benzene rings is 2. The third-order valence-electron chi connectivity index (χ3n) is 2.94. The van der Waals surface area contributed by atoms with Gasteiger partial charge in [-0.15, -0.1) is 0 Å². The number of hydrogen-bond donors (Lipinski definition) is 1. The lowest BCUT2D eigenvalue weighted by Gasteiger charge is -2.13. The van der Waals surface area contributed by atoms with Crippen molar-refractivity contribution in [2.24, 2.45) is 0 Å². The average Bonchev–Trinajstić information content (AvgIpc) is 2.36. The maximum atomic E-state index is 12.9. The van der Waals surface area contributed by atoms with E-state index in [1.54, 1.807) is 0 Å². The van der Waals surface area contributed by atoms with Gasteiger partial charge in [-0.05, 0) is 35.4 Å². The van der Waals surface area contributed by atoms with Crippen LogP contribution in [0.4, 0.5) is 8.78 Å². The van der Waals surface area contributed by atoms with E-state index in [0.717, 1.165) is 0 Å². The van der Waals surface area contributed by atoms with Crippen LogP contribution in [-0.4, -0.2) is 11.2 Å². The summed E-state index contributed by atoms with van der Waals surface area (Å²) in [4.78, 5) is 0. The Labute approximate surface area is 125 Å². The SMILES string of the molecule is OC(Cc1ccc(F)cc1Cl)Cc1ccc(F)cc1Cl. The summed E-state index contributed by atoms with van der Waals surface area (Å²) in [5.41, 5.74) is 1.30. The zero-order valence-corrected chi connectivity index (χ0v) is 11.9. The zero-order valence-electron chi connectivity index (χ0n) is 10.4. The summed E-state index contributed by atoms with van der Waals surface area (Å²) in [6.45, 7) is 0. The molecule has 0 aliphatic rings. The van der Waals surface area contributed by atoms with E-state index >= 15 is 0 Å². The number of rotatable bonds is 4. The minimum Gasteiger partial charge on any atom is -0.392 e. The van der Waals surface area contributed by atoms with Gasteiger partial charge >= 0.3 is 0 Å². The molecule has 0 saturated carbocycles. The van der Waals surface area contributed by atoms with Crippen LogP contribution in [0.1, 0.15) is 11.1 Å². The van der Waals surface area contributed by atoms with Gasteiger partial charge in [-0.25, -0.2) is 8.78 Å². The molecule has 0 saturated heterocycles. The molecule has 20 heavy (non-hydrogen) atoms. The van der Waals surface area contributed by atoms with E-state index in [1.165, 1.54) is 36.4 Å². The van der Waals surface area contributed by atoms with Gasteiger partial charge in [0.05, 0.1) is 6.10 Å². The second kappa shape index (κ2) is 6.53. The molecule has 0 heterocycles. The lowest BCUT2D eigenvalue weighted by molar-refractivity contribution is 0.175. The second-order valence-corrected chi connectivity index (χ2v) is 5.35. The van der Waals surface area contributed by atoms with Crippen molar-refractivity contribution in [3.63, 3.8) is 0 Å². The summed E-state index contributed by atoms with van der Waals surface area (Å²) in [7, 11) is 0. The van der Waals surface area contributed by atoms with Crippen molar-refractivity contribution in [3.8, 4) is 0 Å². The third-order valence-corrected chi connectivity index (χ3v) is 3.64. The molecule has 106 valence electrons. The van der Waals surface area contributed by atoms with Gasteiger partial charge in [-0.3, -0.25) is 0 Å².